The summed E-state index contributed by atoms with van der Waals surface area (Å²) in [5, 5.41) is 8.20. The zero-order valence-electron chi connectivity index (χ0n) is 26.1. The van der Waals surface area contributed by atoms with Crippen molar-refractivity contribution in [2.24, 2.45) is 0 Å². The third kappa shape index (κ3) is 9.22. The summed E-state index contributed by atoms with van der Waals surface area (Å²) in [7, 11) is 0. The largest absolute Gasteiger partial charge is 0.493 e. The lowest BCUT2D eigenvalue weighted by molar-refractivity contribution is -0.116. The molecule has 236 valence electrons. The first kappa shape index (κ1) is 32.8. The number of carbonyl (C=O) groups excluding carboxylic acids is 3. The molecule has 8 heteroatoms. The second kappa shape index (κ2) is 16.1. The van der Waals surface area contributed by atoms with Crippen molar-refractivity contribution in [1.82, 2.24) is 5.32 Å². The molecule has 5 aromatic rings. The molecule has 0 saturated heterocycles. The van der Waals surface area contributed by atoms with E-state index in [4.69, 9.17) is 4.74 Å². The standard InChI is InChI=1S/C39H35N3O4S/c1-3-46-35-20-11-10-18-30(35)26-34(42-37(43)29-16-8-5-9-17-29)38(44)40-31-21-23-33(24-22-31)47-36(28-14-6-4-7-15-28)39(45)41-32-19-12-13-27(2)25-32/h4-26,36H,3H2,1-2H3,(H,40,44)(H,41,45)(H,42,43)/b34-26-. The Bertz CT molecular complexity index is 1860. The molecule has 0 aromatic heterocycles. The van der Waals surface area contributed by atoms with Gasteiger partial charge in [-0.05, 0) is 85.6 Å². The van der Waals surface area contributed by atoms with Gasteiger partial charge in [-0.3, -0.25) is 14.4 Å². The van der Waals surface area contributed by atoms with Crippen LogP contribution in [0.3, 0.4) is 0 Å². The Labute approximate surface area is 279 Å². The lowest BCUT2D eigenvalue weighted by Crippen LogP contribution is -2.30. The average Bonchev–Trinajstić information content (AvgIpc) is 3.09. The molecule has 0 saturated carbocycles. The summed E-state index contributed by atoms with van der Waals surface area (Å²) in [4.78, 5) is 41.0. The van der Waals surface area contributed by atoms with Crippen LogP contribution < -0.4 is 20.7 Å². The normalized spacial score (nSPS) is 11.7. The molecule has 0 fully saturated rings. The molecule has 1 unspecified atom stereocenters. The van der Waals surface area contributed by atoms with E-state index in [2.05, 4.69) is 16.0 Å². The number of carbonyl (C=O) groups is 3. The summed E-state index contributed by atoms with van der Waals surface area (Å²) in [6, 6.07) is 40.6. The van der Waals surface area contributed by atoms with E-state index < -0.39 is 17.1 Å². The van der Waals surface area contributed by atoms with Crippen LogP contribution in [-0.4, -0.2) is 24.3 Å². The third-order valence-electron chi connectivity index (χ3n) is 7.04. The van der Waals surface area contributed by atoms with E-state index in [1.54, 1.807) is 42.5 Å². The molecule has 0 spiro atoms. The van der Waals surface area contributed by atoms with Crippen LogP contribution in [-0.2, 0) is 9.59 Å². The van der Waals surface area contributed by atoms with Crippen LogP contribution in [0.5, 0.6) is 5.75 Å². The number of ether oxygens (including phenoxy) is 1. The maximum atomic E-state index is 13.6. The van der Waals surface area contributed by atoms with Gasteiger partial charge >= 0.3 is 0 Å². The first-order valence-corrected chi connectivity index (χ1v) is 16.1. The van der Waals surface area contributed by atoms with E-state index in [-0.39, 0.29) is 11.6 Å². The maximum Gasteiger partial charge on any atom is 0.272 e. The van der Waals surface area contributed by atoms with Gasteiger partial charge in [-0.25, -0.2) is 0 Å². The van der Waals surface area contributed by atoms with Crippen LogP contribution in [0.2, 0.25) is 0 Å². The molecule has 0 heterocycles. The molecule has 0 aliphatic heterocycles. The topological polar surface area (TPSA) is 96.5 Å². The van der Waals surface area contributed by atoms with Gasteiger partial charge in [0.15, 0.2) is 0 Å². The van der Waals surface area contributed by atoms with Crippen LogP contribution in [0.4, 0.5) is 11.4 Å². The van der Waals surface area contributed by atoms with Crippen LogP contribution in [0.1, 0.15) is 39.2 Å². The Hall–Kier alpha value is -5.60. The van der Waals surface area contributed by atoms with Gasteiger partial charge in [0.25, 0.3) is 11.8 Å². The maximum absolute atomic E-state index is 13.6. The van der Waals surface area contributed by atoms with Crippen molar-refractivity contribution in [2.45, 2.75) is 24.0 Å². The Kier molecular flexibility index (Phi) is 11.2. The fraction of sp³-hybridized carbons (Fsp3) is 0.103. The third-order valence-corrected chi connectivity index (χ3v) is 8.31. The Morgan fingerprint density at radius 2 is 1.43 bits per heavy atom. The molecule has 0 radical (unpaired) electrons. The summed E-state index contributed by atoms with van der Waals surface area (Å²) < 4.78 is 5.74. The Morgan fingerprint density at radius 3 is 2.13 bits per heavy atom. The molecule has 0 bridgehead atoms. The zero-order chi connectivity index (χ0) is 33.0. The number of nitrogens with one attached hydrogen (secondary N) is 3. The summed E-state index contributed by atoms with van der Waals surface area (Å²) in [6.07, 6.45) is 1.60. The van der Waals surface area contributed by atoms with Crippen molar-refractivity contribution in [3.8, 4) is 5.75 Å². The highest BCUT2D eigenvalue weighted by atomic mass is 32.2. The van der Waals surface area contributed by atoms with Crippen LogP contribution in [0.15, 0.2) is 144 Å². The lowest BCUT2D eigenvalue weighted by Gasteiger charge is -2.18. The van der Waals surface area contributed by atoms with Gasteiger partial charge in [0, 0.05) is 27.4 Å². The van der Waals surface area contributed by atoms with Crippen LogP contribution in [0.25, 0.3) is 6.08 Å². The summed E-state index contributed by atoms with van der Waals surface area (Å²) in [5.41, 5.74) is 4.32. The highest BCUT2D eigenvalue weighted by Crippen LogP contribution is 2.37. The smallest absolute Gasteiger partial charge is 0.272 e. The fourth-order valence-corrected chi connectivity index (χ4v) is 5.79. The summed E-state index contributed by atoms with van der Waals surface area (Å²) in [5.74, 6) is -0.459. The van der Waals surface area contributed by atoms with Gasteiger partial charge in [0.05, 0.1) is 6.61 Å². The van der Waals surface area contributed by atoms with Gasteiger partial charge in [0.1, 0.15) is 16.7 Å². The van der Waals surface area contributed by atoms with E-state index in [0.29, 0.717) is 29.2 Å². The molecule has 7 nitrogen and oxygen atoms in total. The highest BCUT2D eigenvalue weighted by Gasteiger charge is 2.23. The molecule has 3 amide bonds. The molecule has 47 heavy (non-hydrogen) atoms. The number of rotatable bonds is 12. The van der Waals surface area contributed by atoms with E-state index in [1.165, 1.54) is 11.8 Å². The summed E-state index contributed by atoms with van der Waals surface area (Å²) in [6.45, 7) is 4.31. The molecule has 3 N–H and O–H groups in total. The number of amides is 3. The first-order valence-electron chi connectivity index (χ1n) is 15.2. The molecular weight excluding hydrogens is 607 g/mol. The van der Waals surface area contributed by atoms with Crippen molar-refractivity contribution in [3.63, 3.8) is 0 Å². The monoisotopic (exact) mass is 641 g/mol. The van der Waals surface area contributed by atoms with Gasteiger partial charge in [-0.15, -0.1) is 11.8 Å². The van der Waals surface area contributed by atoms with Gasteiger partial charge < -0.3 is 20.7 Å². The molecule has 0 aliphatic carbocycles. The average molecular weight is 642 g/mol. The molecule has 0 aliphatic rings. The predicted molar refractivity (Wildman–Crippen MR) is 189 cm³/mol. The minimum atomic E-state index is -0.509. The minimum Gasteiger partial charge on any atom is -0.493 e. The van der Waals surface area contributed by atoms with Crippen molar-refractivity contribution < 1.29 is 19.1 Å². The van der Waals surface area contributed by atoms with Crippen LogP contribution in [0, 0.1) is 6.92 Å². The zero-order valence-corrected chi connectivity index (χ0v) is 26.9. The van der Waals surface area contributed by atoms with Gasteiger partial charge in [-0.1, -0.05) is 78.9 Å². The van der Waals surface area contributed by atoms with E-state index >= 15 is 0 Å². The SMILES string of the molecule is CCOc1ccccc1/C=C(\NC(=O)c1ccccc1)C(=O)Nc1ccc(SC(C(=O)Nc2cccc(C)c2)c2ccccc2)cc1. The lowest BCUT2D eigenvalue weighted by atomic mass is 10.1. The van der Waals surface area contributed by atoms with Crippen LogP contribution >= 0.6 is 11.8 Å². The summed E-state index contributed by atoms with van der Waals surface area (Å²) >= 11 is 1.41. The molecule has 5 aromatic carbocycles. The number of para-hydroxylation sites is 1. The number of hydrogen-bond donors (Lipinski definition) is 3. The number of anilines is 2. The molecule has 1 atom stereocenters. The number of thioether (sulfide) groups is 1. The van der Waals surface area contributed by atoms with Crippen molar-refractivity contribution >= 4 is 46.9 Å². The van der Waals surface area contributed by atoms with E-state index in [1.807, 2.05) is 111 Å². The highest BCUT2D eigenvalue weighted by molar-refractivity contribution is 8.00. The molecular formula is C39H35N3O4S. The number of hydrogen-bond acceptors (Lipinski definition) is 5. The molecule has 5 rings (SSSR count). The fourth-order valence-electron chi connectivity index (χ4n) is 4.77. The minimum absolute atomic E-state index is 0.0569. The Morgan fingerprint density at radius 1 is 0.745 bits per heavy atom. The Balaban J connectivity index is 1.35. The van der Waals surface area contributed by atoms with Crippen molar-refractivity contribution in [1.29, 1.82) is 0 Å². The first-order chi connectivity index (χ1) is 22.9. The number of aryl methyl sites for hydroxylation is 1. The van der Waals surface area contributed by atoms with Gasteiger partial charge in [-0.2, -0.15) is 0 Å². The predicted octanol–water partition coefficient (Wildman–Crippen LogP) is 8.28. The van der Waals surface area contributed by atoms with E-state index in [0.717, 1.165) is 21.7 Å². The quantitative estimate of drug-likeness (QED) is 0.0941. The second-order valence-electron chi connectivity index (χ2n) is 10.6. The van der Waals surface area contributed by atoms with Crippen molar-refractivity contribution in [2.75, 3.05) is 17.2 Å². The second-order valence-corrected chi connectivity index (χ2v) is 11.8. The van der Waals surface area contributed by atoms with E-state index in [9.17, 15) is 14.4 Å². The number of benzene rings is 5. The van der Waals surface area contributed by atoms with Gasteiger partial charge in [0.2, 0.25) is 5.91 Å². The van der Waals surface area contributed by atoms with Crippen molar-refractivity contribution in [3.05, 3.63) is 161 Å².